The molecule has 0 aliphatic heterocycles. The highest BCUT2D eigenvalue weighted by Crippen LogP contribution is 2.41. The molecule has 0 radical (unpaired) electrons. The number of rotatable bonds is 2. The zero-order chi connectivity index (χ0) is 15.0. The zero-order valence-corrected chi connectivity index (χ0v) is 13.9. The number of hydrogen-bond donors (Lipinski definition) is 0. The van der Waals surface area contributed by atoms with E-state index < -0.39 is 0 Å². The second-order valence-electron chi connectivity index (χ2n) is 5.03. The summed E-state index contributed by atoms with van der Waals surface area (Å²) in [6.45, 7) is 4.01. The summed E-state index contributed by atoms with van der Waals surface area (Å²) in [6.07, 6.45) is 0. The van der Waals surface area contributed by atoms with Crippen LogP contribution in [0.25, 0.3) is 21.9 Å². The lowest BCUT2D eigenvalue weighted by Crippen LogP contribution is -1.99. The molecule has 0 spiro atoms. The number of aryl methyl sites for hydroxylation is 2. The van der Waals surface area contributed by atoms with Crippen molar-refractivity contribution < 1.29 is 4.74 Å². The maximum atomic E-state index is 5.65. The van der Waals surface area contributed by atoms with Crippen LogP contribution < -0.4 is 4.74 Å². The summed E-state index contributed by atoms with van der Waals surface area (Å²) < 4.78 is 6.57. The lowest BCUT2D eigenvalue weighted by molar-refractivity contribution is 0.412. The van der Waals surface area contributed by atoms with Gasteiger partial charge in [0.2, 0.25) is 0 Å². The van der Waals surface area contributed by atoms with Crippen LogP contribution in [-0.2, 0) is 0 Å². The molecule has 0 N–H and O–H groups in total. The van der Waals surface area contributed by atoms with Gasteiger partial charge in [0.25, 0.3) is 0 Å². The molecule has 3 aromatic rings. The van der Waals surface area contributed by atoms with E-state index in [9.17, 15) is 0 Å². The second kappa shape index (κ2) is 5.49. The molecule has 0 saturated heterocycles. The summed E-state index contributed by atoms with van der Waals surface area (Å²) in [4.78, 5) is 4.64. The van der Waals surface area contributed by atoms with Crippen LogP contribution >= 0.6 is 15.9 Å². The van der Waals surface area contributed by atoms with Crippen molar-refractivity contribution in [3.8, 4) is 16.9 Å². The Bertz CT molecular complexity index is 822. The summed E-state index contributed by atoms with van der Waals surface area (Å²) in [6, 6.07) is 14.7. The van der Waals surface area contributed by atoms with Crippen LogP contribution in [0.15, 0.2) is 46.9 Å². The largest absolute Gasteiger partial charge is 0.495 e. The molecular formula is C18H16BrNO. The minimum absolute atomic E-state index is 0.844. The molecule has 0 unspecified atom stereocenters. The summed E-state index contributed by atoms with van der Waals surface area (Å²) in [5, 5.41) is 2.42. The van der Waals surface area contributed by atoms with E-state index in [1.54, 1.807) is 7.11 Å². The molecule has 1 aromatic heterocycles. The monoisotopic (exact) mass is 341 g/mol. The first kappa shape index (κ1) is 14.1. The molecule has 2 nitrogen and oxygen atoms in total. The fraction of sp³-hybridized carbons (Fsp3) is 0.167. The lowest BCUT2D eigenvalue weighted by Gasteiger charge is -2.16. The number of aromatic nitrogens is 1. The molecule has 0 bridgehead atoms. The van der Waals surface area contributed by atoms with Gasteiger partial charge in [0.15, 0.2) is 0 Å². The third-order valence-electron chi connectivity index (χ3n) is 3.70. The van der Waals surface area contributed by atoms with Gasteiger partial charge in [-0.2, -0.15) is 0 Å². The molecule has 0 saturated carbocycles. The number of ether oxygens (including phenoxy) is 1. The van der Waals surface area contributed by atoms with Crippen molar-refractivity contribution in [3.05, 3.63) is 58.3 Å². The van der Waals surface area contributed by atoms with Crippen molar-refractivity contribution in [2.45, 2.75) is 13.8 Å². The van der Waals surface area contributed by atoms with Crippen LogP contribution in [-0.4, -0.2) is 12.1 Å². The van der Waals surface area contributed by atoms with E-state index in [0.717, 1.165) is 32.7 Å². The van der Waals surface area contributed by atoms with Gasteiger partial charge in [0.1, 0.15) is 5.75 Å². The maximum absolute atomic E-state index is 5.65. The summed E-state index contributed by atoms with van der Waals surface area (Å²) in [5.74, 6) is 0.844. The minimum Gasteiger partial charge on any atom is -0.495 e. The van der Waals surface area contributed by atoms with Gasteiger partial charge in [0.05, 0.1) is 17.3 Å². The van der Waals surface area contributed by atoms with Gasteiger partial charge < -0.3 is 4.74 Å². The average Bonchev–Trinajstić information content (AvgIpc) is 2.50. The fourth-order valence-corrected chi connectivity index (χ4v) is 3.20. The topological polar surface area (TPSA) is 22.1 Å². The molecule has 106 valence electrons. The van der Waals surface area contributed by atoms with Gasteiger partial charge in [0, 0.05) is 11.3 Å². The minimum atomic E-state index is 0.844. The number of methoxy groups -OCH3 is 1. The van der Waals surface area contributed by atoms with Crippen molar-refractivity contribution >= 4 is 26.7 Å². The maximum Gasteiger partial charge on any atom is 0.144 e. The van der Waals surface area contributed by atoms with Crippen molar-refractivity contribution in [1.29, 1.82) is 0 Å². The Morgan fingerprint density at radius 3 is 2.43 bits per heavy atom. The van der Waals surface area contributed by atoms with Crippen LogP contribution in [0.3, 0.4) is 0 Å². The van der Waals surface area contributed by atoms with Gasteiger partial charge in [-0.15, -0.1) is 0 Å². The fourth-order valence-electron chi connectivity index (χ4n) is 2.75. The summed E-state index contributed by atoms with van der Waals surface area (Å²) in [7, 11) is 1.70. The number of nitrogens with zero attached hydrogens (tertiary/aromatic N) is 1. The first-order valence-corrected chi connectivity index (χ1v) is 7.61. The van der Waals surface area contributed by atoms with Crippen molar-refractivity contribution in [1.82, 2.24) is 4.98 Å². The Morgan fingerprint density at radius 1 is 0.952 bits per heavy atom. The van der Waals surface area contributed by atoms with E-state index in [-0.39, 0.29) is 0 Å². The third-order valence-corrected chi connectivity index (χ3v) is 4.64. The van der Waals surface area contributed by atoms with Crippen molar-refractivity contribution in [2.75, 3.05) is 7.11 Å². The van der Waals surface area contributed by atoms with Crippen molar-refractivity contribution in [3.63, 3.8) is 0 Å². The Hall–Kier alpha value is -1.87. The molecule has 0 fully saturated rings. The van der Waals surface area contributed by atoms with Crippen LogP contribution in [0.2, 0.25) is 0 Å². The first-order chi connectivity index (χ1) is 10.1. The third kappa shape index (κ3) is 2.32. The highest BCUT2D eigenvalue weighted by molar-refractivity contribution is 9.10. The SMILES string of the molecule is COc1c(Br)c(C)nc(C)c1-c1cccc2ccccc12. The molecule has 21 heavy (non-hydrogen) atoms. The van der Waals surface area contributed by atoms with Crippen molar-refractivity contribution in [2.24, 2.45) is 0 Å². The number of hydrogen-bond acceptors (Lipinski definition) is 2. The van der Waals surface area contributed by atoms with Crippen LogP contribution in [0.1, 0.15) is 11.4 Å². The van der Waals surface area contributed by atoms with Gasteiger partial charge in [-0.3, -0.25) is 4.98 Å². The van der Waals surface area contributed by atoms with E-state index in [4.69, 9.17) is 4.74 Å². The van der Waals surface area contributed by atoms with Gasteiger partial charge >= 0.3 is 0 Å². The highest BCUT2D eigenvalue weighted by Gasteiger charge is 2.18. The first-order valence-electron chi connectivity index (χ1n) is 6.82. The number of benzene rings is 2. The molecule has 3 rings (SSSR count). The number of pyridine rings is 1. The molecular weight excluding hydrogens is 326 g/mol. The predicted molar refractivity (Wildman–Crippen MR) is 90.9 cm³/mol. The quantitative estimate of drug-likeness (QED) is 0.631. The molecule has 1 heterocycles. The van der Waals surface area contributed by atoms with Crippen LogP contribution in [0, 0.1) is 13.8 Å². The molecule has 0 amide bonds. The Morgan fingerprint density at radius 2 is 1.67 bits per heavy atom. The molecule has 3 heteroatoms. The van der Waals surface area contributed by atoms with E-state index in [1.807, 2.05) is 13.8 Å². The Balaban J connectivity index is 2.41. The number of halogens is 1. The smallest absolute Gasteiger partial charge is 0.144 e. The van der Waals surface area contributed by atoms with Crippen LogP contribution in [0.5, 0.6) is 5.75 Å². The Labute approximate surface area is 132 Å². The molecule has 0 aliphatic carbocycles. The lowest BCUT2D eigenvalue weighted by atomic mass is 9.96. The summed E-state index contributed by atoms with van der Waals surface area (Å²) >= 11 is 3.60. The second-order valence-corrected chi connectivity index (χ2v) is 5.82. The van der Waals surface area contributed by atoms with E-state index in [0.29, 0.717) is 0 Å². The van der Waals surface area contributed by atoms with E-state index >= 15 is 0 Å². The molecule has 0 atom stereocenters. The van der Waals surface area contributed by atoms with E-state index in [1.165, 1.54) is 10.8 Å². The van der Waals surface area contributed by atoms with Crippen LogP contribution in [0.4, 0.5) is 0 Å². The predicted octanol–water partition coefficient (Wildman–Crippen LogP) is 5.29. The normalized spacial score (nSPS) is 10.9. The highest BCUT2D eigenvalue weighted by atomic mass is 79.9. The summed E-state index contributed by atoms with van der Waals surface area (Å²) in [5.41, 5.74) is 4.11. The zero-order valence-electron chi connectivity index (χ0n) is 12.3. The Kier molecular flexibility index (Phi) is 3.68. The number of fused-ring (bicyclic) bond motifs is 1. The van der Waals surface area contributed by atoms with Gasteiger partial charge in [-0.1, -0.05) is 42.5 Å². The molecule has 2 aromatic carbocycles. The molecule has 0 aliphatic rings. The standard InChI is InChI=1S/C18H16BrNO/c1-11-16(18(21-3)17(19)12(2)20-11)15-10-6-8-13-7-4-5-9-14(13)15/h4-10H,1-3H3. The van der Waals surface area contributed by atoms with E-state index in [2.05, 4.69) is 63.4 Å². The van der Waals surface area contributed by atoms with Gasteiger partial charge in [-0.25, -0.2) is 0 Å². The van der Waals surface area contributed by atoms with Gasteiger partial charge in [-0.05, 0) is 46.1 Å². The average molecular weight is 342 g/mol.